The van der Waals surface area contributed by atoms with Crippen LogP contribution in [0.4, 0.5) is 0 Å². The summed E-state index contributed by atoms with van der Waals surface area (Å²) in [5.74, 6) is 0.230. The van der Waals surface area contributed by atoms with E-state index in [2.05, 4.69) is 17.9 Å². The Hall–Kier alpha value is -2.44. The van der Waals surface area contributed by atoms with Crippen molar-refractivity contribution in [3.05, 3.63) is 48.0 Å². The van der Waals surface area contributed by atoms with E-state index in [0.29, 0.717) is 17.9 Å². The first-order chi connectivity index (χ1) is 15.7. The topological polar surface area (TPSA) is 93.9 Å². The Labute approximate surface area is 197 Å². The minimum absolute atomic E-state index is 0.0835. The van der Waals surface area contributed by atoms with Gasteiger partial charge in [-0.3, -0.25) is 0 Å². The molecule has 2 aromatic rings. The average Bonchev–Trinajstić information content (AvgIpc) is 2.80. The quantitative estimate of drug-likeness (QED) is 0.666. The van der Waals surface area contributed by atoms with E-state index in [1.807, 2.05) is 26.1 Å². The minimum atomic E-state index is -3.87. The molecule has 0 fully saturated rings. The number of nitrogens with zero attached hydrogens (tertiary/aromatic N) is 3. The summed E-state index contributed by atoms with van der Waals surface area (Å²) in [5, 5.41) is 18.8. The number of ether oxygens (including phenoxy) is 1. The van der Waals surface area contributed by atoms with Crippen molar-refractivity contribution in [1.29, 1.82) is 5.26 Å². The van der Waals surface area contributed by atoms with Gasteiger partial charge in [-0.05, 0) is 62.3 Å². The van der Waals surface area contributed by atoms with Crippen molar-refractivity contribution in [2.24, 2.45) is 5.92 Å². The van der Waals surface area contributed by atoms with E-state index >= 15 is 0 Å². The SMILES string of the molecule is CCCN(C)C[C@H]1Oc2cc(-c3ccc(C#N)cc3)ccc2S(=O)(=O)N([C@H](C)CO)C[C@H]1C. The molecule has 8 heteroatoms. The van der Waals surface area contributed by atoms with Crippen LogP contribution in [0.1, 0.15) is 32.8 Å². The summed E-state index contributed by atoms with van der Waals surface area (Å²) >= 11 is 0. The van der Waals surface area contributed by atoms with Gasteiger partial charge in [0.15, 0.2) is 0 Å². The van der Waals surface area contributed by atoms with Crippen LogP contribution in [0, 0.1) is 17.2 Å². The highest BCUT2D eigenvalue weighted by Gasteiger charge is 2.38. The molecule has 0 saturated heterocycles. The number of fused-ring (bicyclic) bond motifs is 1. The van der Waals surface area contributed by atoms with Crippen LogP contribution in [-0.4, -0.2) is 68.2 Å². The fourth-order valence-electron chi connectivity index (χ4n) is 4.14. The van der Waals surface area contributed by atoms with Gasteiger partial charge in [-0.25, -0.2) is 8.42 Å². The maximum atomic E-state index is 13.6. The molecule has 0 saturated carbocycles. The molecule has 1 N–H and O–H groups in total. The third kappa shape index (κ3) is 5.56. The highest BCUT2D eigenvalue weighted by molar-refractivity contribution is 7.89. The van der Waals surface area contributed by atoms with Gasteiger partial charge in [-0.2, -0.15) is 9.57 Å². The number of hydrogen-bond donors (Lipinski definition) is 1. The van der Waals surface area contributed by atoms with Crippen LogP contribution < -0.4 is 4.74 Å². The number of sulfonamides is 1. The molecule has 0 bridgehead atoms. The van der Waals surface area contributed by atoms with Gasteiger partial charge in [0, 0.05) is 25.0 Å². The van der Waals surface area contributed by atoms with Crippen molar-refractivity contribution in [2.45, 2.75) is 44.2 Å². The zero-order valence-corrected chi connectivity index (χ0v) is 20.5. The van der Waals surface area contributed by atoms with E-state index in [1.165, 1.54) is 4.31 Å². The first-order valence-electron chi connectivity index (χ1n) is 11.3. The first-order valence-corrected chi connectivity index (χ1v) is 12.8. The molecule has 1 aliphatic rings. The fourth-order valence-corrected chi connectivity index (χ4v) is 5.97. The molecule has 0 aromatic heterocycles. The largest absolute Gasteiger partial charge is 0.487 e. The highest BCUT2D eigenvalue weighted by Crippen LogP contribution is 2.36. The summed E-state index contributed by atoms with van der Waals surface area (Å²) < 4.78 is 35.0. The predicted octanol–water partition coefficient (Wildman–Crippen LogP) is 3.34. The number of likely N-dealkylation sites (N-methyl/N-ethyl adjacent to an activating group) is 1. The molecular formula is C25H33N3O4S. The van der Waals surface area contributed by atoms with Crippen molar-refractivity contribution in [3.8, 4) is 22.9 Å². The van der Waals surface area contributed by atoms with Gasteiger partial charge in [0.05, 0.1) is 18.2 Å². The molecule has 3 rings (SSSR count). The van der Waals surface area contributed by atoms with E-state index in [9.17, 15) is 13.5 Å². The number of benzene rings is 2. The molecule has 1 aliphatic heterocycles. The van der Waals surface area contributed by atoms with Crippen LogP contribution in [0.2, 0.25) is 0 Å². The molecule has 0 radical (unpaired) electrons. The Morgan fingerprint density at radius 3 is 2.52 bits per heavy atom. The van der Waals surface area contributed by atoms with Gasteiger partial charge in [0.25, 0.3) is 0 Å². The van der Waals surface area contributed by atoms with Crippen LogP contribution >= 0.6 is 0 Å². The van der Waals surface area contributed by atoms with E-state index in [-0.39, 0.29) is 30.1 Å². The number of rotatable bonds is 7. The summed E-state index contributed by atoms with van der Waals surface area (Å²) in [4.78, 5) is 2.30. The lowest BCUT2D eigenvalue weighted by molar-refractivity contribution is 0.0753. The number of aliphatic hydroxyl groups excluding tert-OH is 1. The van der Waals surface area contributed by atoms with Crippen molar-refractivity contribution >= 4 is 10.0 Å². The van der Waals surface area contributed by atoms with Crippen LogP contribution in [0.3, 0.4) is 0 Å². The number of hydrogen-bond acceptors (Lipinski definition) is 6. The molecule has 0 amide bonds. The van der Waals surface area contributed by atoms with Crippen molar-refractivity contribution < 1.29 is 18.3 Å². The third-order valence-corrected chi connectivity index (χ3v) is 8.13. The van der Waals surface area contributed by atoms with Crippen LogP contribution in [0.25, 0.3) is 11.1 Å². The molecule has 0 aliphatic carbocycles. The maximum Gasteiger partial charge on any atom is 0.247 e. The van der Waals surface area contributed by atoms with E-state index < -0.39 is 16.1 Å². The Morgan fingerprint density at radius 1 is 1.24 bits per heavy atom. The maximum absolute atomic E-state index is 13.6. The Kier molecular flexibility index (Phi) is 8.14. The molecule has 3 atom stereocenters. The summed E-state index contributed by atoms with van der Waals surface area (Å²) in [6.45, 7) is 7.42. The monoisotopic (exact) mass is 471 g/mol. The summed E-state index contributed by atoms with van der Waals surface area (Å²) in [5.41, 5.74) is 2.24. The molecule has 0 spiro atoms. The zero-order chi connectivity index (χ0) is 24.2. The molecule has 1 heterocycles. The van der Waals surface area contributed by atoms with E-state index in [1.54, 1.807) is 37.3 Å². The lowest BCUT2D eigenvalue weighted by Gasteiger charge is -2.37. The first kappa shape index (κ1) is 25.2. The zero-order valence-electron chi connectivity index (χ0n) is 19.7. The Bertz CT molecular complexity index is 1100. The Balaban J connectivity index is 2.10. The van der Waals surface area contributed by atoms with Gasteiger partial charge in [0.2, 0.25) is 10.0 Å². The number of aliphatic hydroxyl groups is 1. The van der Waals surface area contributed by atoms with Crippen LogP contribution in [0.5, 0.6) is 5.75 Å². The summed E-state index contributed by atoms with van der Waals surface area (Å²) in [6, 6.07) is 13.8. The van der Waals surface area contributed by atoms with Crippen molar-refractivity contribution in [1.82, 2.24) is 9.21 Å². The third-order valence-electron chi connectivity index (χ3n) is 6.11. The second-order valence-electron chi connectivity index (χ2n) is 8.85. The van der Waals surface area contributed by atoms with Gasteiger partial charge in [-0.15, -0.1) is 0 Å². The second-order valence-corrected chi connectivity index (χ2v) is 10.7. The second kappa shape index (κ2) is 10.7. The van der Waals surface area contributed by atoms with Crippen molar-refractivity contribution in [2.75, 3.05) is 33.3 Å². The lowest BCUT2D eigenvalue weighted by atomic mass is 10.0. The predicted molar refractivity (Wildman–Crippen MR) is 128 cm³/mol. The van der Waals surface area contributed by atoms with Crippen LogP contribution in [-0.2, 0) is 10.0 Å². The number of nitriles is 1. The summed E-state index contributed by atoms with van der Waals surface area (Å²) in [6.07, 6.45) is 0.791. The molecule has 2 aromatic carbocycles. The standard InChI is InChI=1S/C25H33N3O4S/c1-5-12-27(4)16-24-18(2)15-28(19(3)17-29)33(30,31)25-11-10-22(13-23(25)32-24)21-8-6-20(14-26)7-9-21/h6-11,13,18-19,24,29H,5,12,15-17H2,1-4H3/t18-,19-,24-/m1/s1. The van der Waals surface area contributed by atoms with Gasteiger partial charge in [0.1, 0.15) is 16.7 Å². The smallest absolute Gasteiger partial charge is 0.247 e. The summed E-state index contributed by atoms with van der Waals surface area (Å²) in [7, 11) is -1.83. The average molecular weight is 472 g/mol. The molecule has 7 nitrogen and oxygen atoms in total. The van der Waals surface area contributed by atoms with Crippen molar-refractivity contribution in [3.63, 3.8) is 0 Å². The van der Waals surface area contributed by atoms with E-state index in [0.717, 1.165) is 24.1 Å². The normalized spacial score (nSPS) is 21.4. The minimum Gasteiger partial charge on any atom is -0.487 e. The molecule has 33 heavy (non-hydrogen) atoms. The Morgan fingerprint density at radius 2 is 1.91 bits per heavy atom. The molecule has 178 valence electrons. The lowest BCUT2D eigenvalue weighted by Crippen LogP contribution is -2.49. The molecular weight excluding hydrogens is 438 g/mol. The van der Waals surface area contributed by atoms with Gasteiger partial charge >= 0.3 is 0 Å². The van der Waals surface area contributed by atoms with Gasteiger partial charge in [-0.1, -0.05) is 32.0 Å². The fraction of sp³-hybridized carbons (Fsp3) is 0.480. The van der Waals surface area contributed by atoms with Gasteiger partial charge < -0.3 is 14.7 Å². The van der Waals surface area contributed by atoms with E-state index in [4.69, 9.17) is 10.00 Å². The van der Waals surface area contributed by atoms with Crippen LogP contribution in [0.15, 0.2) is 47.4 Å². The molecule has 0 unspecified atom stereocenters. The highest BCUT2D eigenvalue weighted by atomic mass is 32.2.